The fourth-order valence-corrected chi connectivity index (χ4v) is 3.26. The van der Waals surface area contributed by atoms with Crippen molar-refractivity contribution in [3.63, 3.8) is 0 Å². The minimum Gasteiger partial charge on any atom is -0.495 e. The molecule has 0 bridgehead atoms. The fraction of sp³-hybridized carbons (Fsp3) is 0.167. The van der Waals surface area contributed by atoms with Crippen molar-refractivity contribution in [2.45, 2.75) is 19.8 Å². The number of H-pyrrole nitrogens is 1. The first-order valence-electron chi connectivity index (χ1n) is 9.59. The fourth-order valence-electron chi connectivity index (χ4n) is 3.26. The smallest absolute Gasteiger partial charge is 0.255 e. The number of nitrogens with one attached hydrogen (secondary N) is 2. The molecule has 146 valence electrons. The second-order valence-electron chi connectivity index (χ2n) is 7.25. The molecular weight excluding hydrogens is 362 g/mol. The maximum absolute atomic E-state index is 12.8. The molecule has 5 nitrogen and oxygen atoms in total. The van der Waals surface area contributed by atoms with Crippen LogP contribution >= 0.6 is 0 Å². The lowest BCUT2D eigenvalue weighted by Gasteiger charge is -2.12. The Balaban J connectivity index is 1.63. The van der Waals surface area contributed by atoms with Gasteiger partial charge in [0.05, 0.1) is 23.8 Å². The van der Waals surface area contributed by atoms with Crippen LogP contribution in [0.5, 0.6) is 5.75 Å². The van der Waals surface area contributed by atoms with E-state index in [9.17, 15) is 4.79 Å². The average Bonchev–Trinajstić information content (AvgIpc) is 3.18. The number of hydrogen-bond acceptors (Lipinski definition) is 3. The summed E-state index contributed by atoms with van der Waals surface area (Å²) in [5, 5.41) is 2.96. The summed E-state index contributed by atoms with van der Waals surface area (Å²) in [6, 6.07) is 21.2. The molecule has 0 saturated carbocycles. The van der Waals surface area contributed by atoms with Gasteiger partial charge in [0.15, 0.2) is 0 Å². The summed E-state index contributed by atoms with van der Waals surface area (Å²) in [5.74, 6) is 1.58. The van der Waals surface area contributed by atoms with Crippen LogP contribution in [-0.2, 0) is 0 Å². The second-order valence-corrected chi connectivity index (χ2v) is 7.25. The lowest BCUT2D eigenvalue weighted by atomic mass is 10.0. The summed E-state index contributed by atoms with van der Waals surface area (Å²) in [5.41, 5.74) is 5.13. The summed E-state index contributed by atoms with van der Waals surface area (Å²) < 4.78 is 5.44. The van der Waals surface area contributed by atoms with Crippen LogP contribution in [0.15, 0.2) is 66.7 Å². The highest BCUT2D eigenvalue weighted by molar-refractivity contribution is 6.05. The van der Waals surface area contributed by atoms with Crippen LogP contribution in [0.25, 0.3) is 22.4 Å². The monoisotopic (exact) mass is 385 g/mol. The van der Waals surface area contributed by atoms with Gasteiger partial charge >= 0.3 is 0 Å². The van der Waals surface area contributed by atoms with Crippen LogP contribution in [0.3, 0.4) is 0 Å². The van der Waals surface area contributed by atoms with Crippen LogP contribution in [0.4, 0.5) is 5.69 Å². The summed E-state index contributed by atoms with van der Waals surface area (Å²) in [7, 11) is 1.59. The molecule has 0 aliphatic carbocycles. The van der Waals surface area contributed by atoms with Crippen LogP contribution in [0.1, 0.15) is 35.7 Å². The van der Waals surface area contributed by atoms with E-state index >= 15 is 0 Å². The van der Waals surface area contributed by atoms with E-state index in [0.717, 1.165) is 22.4 Å². The second kappa shape index (κ2) is 7.80. The minimum atomic E-state index is -0.180. The van der Waals surface area contributed by atoms with Crippen LogP contribution in [0.2, 0.25) is 0 Å². The molecule has 4 aromatic rings. The van der Waals surface area contributed by atoms with Gasteiger partial charge in [0.2, 0.25) is 0 Å². The van der Waals surface area contributed by atoms with Gasteiger partial charge in [-0.1, -0.05) is 38.1 Å². The molecule has 0 aliphatic rings. The SMILES string of the molecule is COc1ccc(-c2nc3ccccc3[nH]2)cc1NC(=O)c1ccc(C(C)C)cc1. The van der Waals surface area contributed by atoms with E-state index in [0.29, 0.717) is 22.9 Å². The van der Waals surface area contributed by atoms with Crippen molar-refractivity contribution in [1.29, 1.82) is 0 Å². The first-order chi connectivity index (χ1) is 14.0. The molecular formula is C24H23N3O2. The molecule has 1 amide bonds. The van der Waals surface area contributed by atoms with Gasteiger partial charge < -0.3 is 15.0 Å². The standard InChI is InChI=1S/C24H23N3O2/c1-15(2)16-8-10-17(11-9-16)24(28)27-21-14-18(12-13-22(21)29-3)23-25-19-6-4-5-7-20(19)26-23/h4-15H,1-3H3,(H,25,26)(H,27,28). The Morgan fingerprint density at radius 2 is 1.79 bits per heavy atom. The van der Waals surface area contributed by atoms with E-state index in [1.165, 1.54) is 5.56 Å². The summed E-state index contributed by atoms with van der Waals surface area (Å²) in [4.78, 5) is 20.7. The van der Waals surface area contributed by atoms with Crippen molar-refractivity contribution in [3.8, 4) is 17.1 Å². The highest BCUT2D eigenvalue weighted by Gasteiger charge is 2.13. The number of anilines is 1. The third kappa shape index (κ3) is 3.85. The maximum Gasteiger partial charge on any atom is 0.255 e. The number of aromatic amines is 1. The molecule has 0 unspecified atom stereocenters. The molecule has 0 spiro atoms. The molecule has 4 rings (SSSR count). The van der Waals surface area contributed by atoms with Crippen molar-refractivity contribution < 1.29 is 9.53 Å². The summed E-state index contributed by atoms with van der Waals surface area (Å²) in [6.07, 6.45) is 0. The minimum absolute atomic E-state index is 0.180. The third-order valence-electron chi connectivity index (χ3n) is 4.95. The topological polar surface area (TPSA) is 67.0 Å². The Kier molecular flexibility index (Phi) is 5.04. The molecule has 29 heavy (non-hydrogen) atoms. The normalized spacial score (nSPS) is 11.0. The van der Waals surface area contributed by atoms with E-state index < -0.39 is 0 Å². The number of fused-ring (bicyclic) bond motifs is 1. The highest BCUT2D eigenvalue weighted by atomic mass is 16.5. The zero-order valence-electron chi connectivity index (χ0n) is 16.7. The van der Waals surface area contributed by atoms with E-state index in [4.69, 9.17) is 4.74 Å². The predicted octanol–water partition coefficient (Wildman–Crippen LogP) is 5.61. The zero-order valence-corrected chi connectivity index (χ0v) is 16.7. The number of para-hydroxylation sites is 2. The van der Waals surface area contributed by atoms with Gasteiger partial charge in [-0.05, 0) is 53.9 Å². The quantitative estimate of drug-likeness (QED) is 0.469. The Bertz CT molecular complexity index is 1130. The third-order valence-corrected chi connectivity index (χ3v) is 4.95. The predicted molar refractivity (Wildman–Crippen MR) is 117 cm³/mol. The Labute approximate surface area is 169 Å². The van der Waals surface area contributed by atoms with Crippen LogP contribution < -0.4 is 10.1 Å². The molecule has 0 aliphatic heterocycles. The number of ether oxygens (including phenoxy) is 1. The molecule has 1 heterocycles. The first kappa shape index (κ1) is 18.7. The number of methoxy groups -OCH3 is 1. The van der Waals surface area contributed by atoms with Crippen molar-refractivity contribution >= 4 is 22.6 Å². The van der Waals surface area contributed by atoms with Gasteiger partial charge in [-0.3, -0.25) is 4.79 Å². The van der Waals surface area contributed by atoms with Gasteiger partial charge in [-0.2, -0.15) is 0 Å². The highest BCUT2D eigenvalue weighted by Crippen LogP contribution is 2.31. The van der Waals surface area contributed by atoms with Crippen molar-refractivity contribution in [2.24, 2.45) is 0 Å². The molecule has 1 aromatic heterocycles. The number of nitrogens with zero attached hydrogens (tertiary/aromatic N) is 1. The number of amides is 1. The molecule has 2 N–H and O–H groups in total. The number of carbonyl (C=O) groups is 1. The van der Waals surface area contributed by atoms with Gasteiger partial charge in [0.25, 0.3) is 5.91 Å². The number of carbonyl (C=O) groups excluding carboxylic acids is 1. The molecule has 5 heteroatoms. The van der Waals surface area contributed by atoms with Crippen LogP contribution in [-0.4, -0.2) is 23.0 Å². The molecule has 0 fully saturated rings. The van der Waals surface area contributed by atoms with Gasteiger partial charge in [0.1, 0.15) is 11.6 Å². The number of imidazole rings is 1. The van der Waals surface area contributed by atoms with Crippen LogP contribution in [0, 0.1) is 0 Å². The number of benzene rings is 3. The van der Waals surface area contributed by atoms with E-state index in [1.807, 2.05) is 66.7 Å². The largest absolute Gasteiger partial charge is 0.495 e. The number of aromatic nitrogens is 2. The Hall–Kier alpha value is -3.60. The molecule has 0 atom stereocenters. The van der Waals surface area contributed by atoms with Gasteiger partial charge in [0, 0.05) is 11.1 Å². The molecule has 0 saturated heterocycles. The lowest BCUT2D eigenvalue weighted by Crippen LogP contribution is -2.13. The van der Waals surface area contributed by atoms with Crippen molar-refractivity contribution in [2.75, 3.05) is 12.4 Å². The van der Waals surface area contributed by atoms with Crippen molar-refractivity contribution in [3.05, 3.63) is 77.9 Å². The average molecular weight is 385 g/mol. The van der Waals surface area contributed by atoms with Crippen molar-refractivity contribution in [1.82, 2.24) is 9.97 Å². The Morgan fingerprint density at radius 3 is 2.48 bits per heavy atom. The number of hydrogen-bond donors (Lipinski definition) is 2. The molecule has 3 aromatic carbocycles. The summed E-state index contributed by atoms with van der Waals surface area (Å²) >= 11 is 0. The van der Waals surface area contributed by atoms with Gasteiger partial charge in [-0.25, -0.2) is 4.98 Å². The number of rotatable bonds is 5. The molecule has 0 radical (unpaired) electrons. The Morgan fingerprint density at radius 1 is 1.03 bits per heavy atom. The van der Waals surface area contributed by atoms with E-state index in [2.05, 4.69) is 29.1 Å². The first-order valence-corrected chi connectivity index (χ1v) is 9.59. The zero-order chi connectivity index (χ0) is 20.4. The summed E-state index contributed by atoms with van der Waals surface area (Å²) in [6.45, 7) is 4.26. The van der Waals surface area contributed by atoms with E-state index in [-0.39, 0.29) is 5.91 Å². The lowest BCUT2D eigenvalue weighted by molar-refractivity contribution is 0.102. The maximum atomic E-state index is 12.8. The van der Waals surface area contributed by atoms with E-state index in [1.54, 1.807) is 7.11 Å². The van der Waals surface area contributed by atoms with Gasteiger partial charge in [-0.15, -0.1) is 0 Å².